The maximum atomic E-state index is 11.7. The van der Waals surface area contributed by atoms with Crippen LogP contribution in [0.3, 0.4) is 0 Å². The van der Waals surface area contributed by atoms with E-state index >= 15 is 0 Å². The highest BCUT2D eigenvalue weighted by Crippen LogP contribution is 2.17. The van der Waals surface area contributed by atoms with Crippen LogP contribution in [0.15, 0.2) is 24.3 Å². The Morgan fingerprint density at radius 2 is 1.65 bits per heavy atom. The number of amides is 2. The van der Waals surface area contributed by atoms with Crippen LogP contribution in [0.1, 0.15) is 43.1 Å². The van der Waals surface area contributed by atoms with Gasteiger partial charge in [0.05, 0.1) is 0 Å². The van der Waals surface area contributed by atoms with Crippen LogP contribution in [0.25, 0.3) is 0 Å². The first-order valence-corrected chi connectivity index (χ1v) is 6.76. The van der Waals surface area contributed by atoms with E-state index in [0.29, 0.717) is 18.5 Å². The Bertz CT molecular complexity index is 470. The number of rotatable bonds is 4. The molecule has 0 saturated heterocycles. The molecule has 0 aliphatic carbocycles. The predicted molar refractivity (Wildman–Crippen MR) is 80.4 cm³/mol. The summed E-state index contributed by atoms with van der Waals surface area (Å²) in [4.78, 5) is 25.0. The molecule has 1 aromatic rings. The molecule has 0 atom stereocenters. The molecule has 0 aliphatic rings. The van der Waals surface area contributed by atoms with Gasteiger partial charge in [-0.2, -0.15) is 0 Å². The van der Waals surface area contributed by atoms with Crippen LogP contribution < -0.4 is 5.32 Å². The first-order valence-electron chi connectivity index (χ1n) is 6.76. The highest BCUT2D eigenvalue weighted by Gasteiger charge is 2.15. The lowest BCUT2D eigenvalue weighted by Gasteiger charge is -2.17. The van der Waals surface area contributed by atoms with E-state index in [1.807, 2.05) is 32.9 Å². The third kappa shape index (κ3) is 5.43. The van der Waals surface area contributed by atoms with Gasteiger partial charge in [-0.15, -0.1) is 0 Å². The van der Waals surface area contributed by atoms with Crippen molar-refractivity contribution in [3.8, 4) is 0 Å². The number of carbonyl (C=O) groups is 2. The van der Waals surface area contributed by atoms with Gasteiger partial charge in [-0.1, -0.05) is 32.9 Å². The van der Waals surface area contributed by atoms with Gasteiger partial charge in [0.2, 0.25) is 5.91 Å². The summed E-state index contributed by atoms with van der Waals surface area (Å²) in [5.41, 5.74) is 1.63. The van der Waals surface area contributed by atoms with E-state index in [1.165, 1.54) is 0 Å². The lowest BCUT2D eigenvalue weighted by molar-refractivity contribution is -0.122. The summed E-state index contributed by atoms with van der Waals surface area (Å²) < 4.78 is 0. The van der Waals surface area contributed by atoms with Gasteiger partial charge in [0, 0.05) is 32.6 Å². The molecule has 0 saturated carbocycles. The number of nitrogens with zero attached hydrogens (tertiary/aromatic N) is 1. The molecule has 0 aromatic heterocycles. The minimum Gasteiger partial charge on any atom is -0.352 e. The van der Waals surface area contributed by atoms with Crippen molar-refractivity contribution in [3.63, 3.8) is 0 Å². The van der Waals surface area contributed by atoms with E-state index in [1.54, 1.807) is 31.1 Å². The SMILES string of the molecule is CN(C)C(=O)c1ccc(CNC(=O)CC(C)(C)C)cc1. The zero-order chi connectivity index (χ0) is 15.3. The molecule has 1 N–H and O–H groups in total. The first-order chi connectivity index (χ1) is 9.19. The van der Waals surface area contributed by atoms with Crippen molar-refractivity contribution >= 4 is 11.8 Å². The summed E-state index contributed by atoms with van der Waals surface area (Å²) >= 11 is 0. The van der Waals surface area contributed by atoms with E-state index < -0.39 is 0 Å². The Kier molecular flexibility index (Phi) is 5.31. The van der Waals surface area contributed by atoms with Crippen LogP contribution in [0, 0.1) is 5.41 Å². The average Bonchev–Trinajstić information content (AvgIpc) is 2.34. The molecule has 0 fully saturated rings. The van der Waals surface area contributed by atoms with E-state index in [2.05, 4.69) is 5.32 Å². The summed E-state index contributed by atoms with van der Waals surface area (Å²) in [6.07, 6.45) is 0.504. The van der Waals surface area contributed by atoms with E-state index in [4.69, 9.17) is 0 Å². The zero-order valence-electron chi connectivity index (χ0n) is 13.0. The van der Waals surface area contributed by atoms with Gasteiger partial charge in [-0.3, -0.25) is 9.59 Å². The summed E-state index contributed by atoms with van der Waals surface area (Å²) in [7, 11) is 3.45. The summed E-state index contributed by atoms with van der Waals surface area (Å²) in [6, 6.07) is 7.31. The highest BCUT2D eigenvalue weighted by molar-refractivity contribution is 5.93. The van der Waals surface area contributed by atoms with Crippen LogP contribution in [0.2, 0.25) is 0 Å². The molecule has 110 valence electrons. The summed E-state index contributed by atoms with van der Waals surface area (Å²) in [5, 5.41) is 2.89. The van der Waals surface area contributed by atoms with Crippen molar-refractivity contribution in [1.29, 1.82) is 0 Å². The Balaban J connectivity index is 2.54. The monoisotopic (exact) mass is 276 g/mol. The molecule has 0 unspecified atom stereocenters. The molecule has 4 heteroatoms. The molecule has 0 radical (unpaired) electrons. The lowest BCUT2D eigenvalue weighted by Crippen LogP contribution is -2.27. The number of carbonyl (C=O) groups excluding carboxylic acids is 2. The first kappa shape index (κ1) is 16.2. The van der Waals surface area contributed by atoms with Gasteiger partial charge in [0.25, 0.3) is 5.91 Å². The number of hydrogen-bond acceptors (Lipinski definition) is 2. The van der Waals surface area contributed by atoms with Crippen molar-refractivity contribution in [2.45, 2.75) is 33.7 Å². The fourth-order valence-corrected chi connectivity index (χ4v) is 1.77. The van der Waals surface area contributed by atoms with Gasteiger partial charge in [0.1, 0.15) is 0 Å². The van der Waals surface area contributed by atoms with Gasteiger partial charge in [-0.05, 0) is 23.1 Å². The van der Waals surface area contributed by atoms with Crippen molar-refractivity contribution in [2.24, 2.45) is 5.41 Å². The third-order valence-corrected chi connectivity index (χ3v) is 2.79. The second-order valence-corrected chi connectivity index (χ2v) is 6.41. The fourth-order valence-electron chi connectivity index (χ4n) is 1.77. The maximum absolute atomic E-state index is 11.7. The van der Waals surface area contributed by atoms with E-state index in [9.17, 15) is 9.59 Å². The smallest absolute Gasteiger partial charge is 0.253 e. The highest BCUT2D eigenvalue weighted by atomic mass is 16.2. The number of hydrogen-bond donors (Lipinski definition) is 1. The Morgan fingerprint density at radius 3 is 2.10 bits per heavy atom. The molecule has 0 spiro atoms. The molecule has 0 heterocycles. The molecular formula is C16H24N2O2. The topological polar surface area (TPSA) is 49.4 Å². The molecule has 2 amide bonds. The standard InChI is InChI=1S/C16H24N2O2/c1-16(2,3)10-14(19)17-11-12-6-8-13(9-7-12)15(20)18(4)5/h6-9H,10-11H2,1-5H3,(H,17,19). The van der Waals surface area contributed by atoms with Crippen LogP contribution >= 0.6 is 0 Å². The summed E-state index contributed by atoms with van der Waals surface area (Å²) in [6.45, 7) is 6.60. The predicted octanol–water partition coefficient (Wildman–Crippen LogP) is 2.44. The van der Waals surface area contributed by atoms with Gasteiger partial charge < -0.3 is 10.2 Å². The van der Waals surface area contributed by atoms with Crippen LogP contribution in [0.4, 0.5) is 0 Å². The van der Waals surface area contributed by atoms with Gasteiger partial charge in [0.15, 0.2) is 0 Å². The molecule has 1 aromatic carbocycles. The van der Waals surface area contributed by atoms with Gasteiger partial charge >= 0.3 is 0 Å². The van der Waals surface area contributed by atoms with Crippen LogP contribution in [-0.2, 0) is 11.3 Å². The molecule has 0 aliphatic heterocycles. The Hall–Kier alpha value is -1.84. The van der Waals surface area contributed by atoms with Crippen LogP contribution in [-0.4, -0.2) is 30.8 Å². The molecule has 0 bridgehead atoms. The van der Waals surface area contributed by atoms with Crippen molar-refractivity contribution in [2.75, 3.05) is 14.1 Å². The van der Waals surface area contributed by atoms with E-state index in [-0.39, 0.29) is 17.2 Å². The molecule has 20 heavy (non-hydrogen) atoms. The van der Waals surface area contributed by atoms with E-state index in [0.717, 1.165) is 5.56 Å². The molecule has 1 rings (SSSR count). The largest absolute Gasteiger partial charge is 0.352 e. The lowest BCUT2D eigenvalue weighted by atomic mass is 9.92. The third-order valence-electron chi connectivity index (χ3n) is 2.79. The second-order valence-electron chi connectivity index (χ2n) is 6.41. The zero-order valence-corrected chi connectivity index (χ0v) is 13.0. The van der Waals surface area contributed by atoms with Crippen molar-refractivity contribution in [1.82, 2.24) is 10.2 Å². The van der Waals surface area contributed by atoms with Crippen molar-refractivity contribution < 1.29 is 9.59 Å². The maximum Gasteiger partial charge on any atom is 0.253 e. The molecule has 4 nitrogen and oxygen atoms in total. The quantitative estimate of drug-likeness (QED) is 0.918. The minimum atomic E-state index is -0.0201. The number of benzene rings is 1. The minimum absolute atomic E-state index is 0.00787. The van der Waals surface area contributed by atoms with Crippen LogP contribution in [0.5, 0.6) is 0 Å². The fraction of sp³-hybridized carbons (Fsp3) is 0.500. The Labute approximate surface area is 121 Å². The van der Waals surface area contributed by atoms with Gasteiger partial charge in [-0.25, -0.2) is 0 Å². The average molecular weight is 276 g/mol. The second kappa shape index (κ2) is 6.55. The van der Waals surface area contributed by atoms with Crippen molar-refractivity contribution in [3.05, 3.63) is 35.4 Å². The number of nitrogens with one attached hydrogen (secondary N) is 1. The molecular weight excluding hydrogens is 252 g/mol. The summed E-state index contributed by atoms with van der Waals surface area (Å²) in [5.74, 6) is 0.0271. The Morgan fingerprint density at radius 1 is 1.10 bits per heavy atom. The normalized spacial score (nSPS) is 11.1.